The molecule has 3 aromatic rings. The molecule has 2 heterocycles. The van der Waals surface area contributed by atoms with E-state index in [0.717, 1.165) is 18.3 Å². The van der Waals surface area contributed by atoms with E-state index < -0.39 is 38.9 Å². The fourth-order valence-electron chi connectivity index (χ4n) is 3.03. The van der Waals surface area contributed by atoms with Gasteiger partial charge in [0.2, 0.25) is 10.0 Å². The zero-order chi connectivity index (χ0) is 24.5. The first-order chi connectivity index (χ1) is 16.0. The number of hydrogen-bond donors (Lipinski definition) is 2. The molecule has 1 saturated carbocycles. The van der Waals surface area contributed by atoms with Gasteiger partial charge in [0.1, 0.15) is 5.82 Å². The molecule has 34 heavy (non-hydrogen) atoms. The fraction of sp³-hybridized carbons (Fsp3) is 0.238. The minimum Gasteiger partial charge on any atom is -0.346 e. The molecule has 1 aliphatic rings. The van der Waals surface area contributed by atoms with Crippen molar-refractivity contribution in [2.75, 3.05) is 4.72 Å². The fourth-order valence-corrected chi connectivity index (χ4v) is 4.41. The topological polar surface area (TPSA) is 114 Å². The van der Waals surface area contributed by atoms with Crippen LogP contribution >= 0.6 is 0 Å². The number of sulfonamides is 1. The van der Waals surface area contributed by atoms with E-state index in [2.05, 4.69) is 25.0 Å². The molecular weight excluding hydrogens is 478 g/mol. The molecular formula is C21H17F4N5O3S. The van der Waals surface area contributed by atoms with Crippen molar-refractivity contribution in [3.8, 4) is 11.3 Å². The third-order valence-electron chi connectivity index (χ3n) is 4.90. The number of carbonyl (C=O) groups is 1. The maximum absolute atomic E-state index is 14.6. The highest BCUT2D eigenvalue weighted by Crippen LogP contribution is 2.30. The lowest BCUT2D eigenvalue weighted by Gasteiger charge is -2.10. The Balaban J connectivity index is 1.44. The van der Waals surface area contributed by atoms with Crippen molar-refractivity contribution in [1.29, 1.82) is 0 Å². The second-order valence-electron chi connectivity index (χ2n) is 7.55. The molecule has 1 aromatic carbocycles. The zero-order valence-corrected chi connectivity index (χ0v) is 18.1. The summed E-state index contributed by atoms with van der Waals surface area (Å²) in [6.07, 6.45) is -0.508. The van der Waals surface area contributed by atoms with E-state index in [1.165, 1.54) is 24.4 Å². The van der Waals surface area contributed by atoms with Crippen molar-refractivity contribution in [3.05, 3.63) is 71.7 Å². The third kappa shape index (κ3) is 5.47. The van der Waals surface area contributed by atoms with Gasteiger partial charge >= 0.3 is 6.18 Å². The average molecular weight is 495 g/mol. The molecule has 0 bridgehead atoms. The summed E-state index contributed by atoms with van der Waals surface area (Å²) in [6, 6.07) is 6.19. The van der Waals surface area contributed by atoms with Crippen LogP contribution in [0.4, 0.5) is 23.2 Å². The molecule has 0 aliphatic heterocycles. The predicted molar refractivity (Wildman–Crippen MR) is 113 cm³/mol. The highest BCUT2D eigenvalue weighted by Gasteiger charge is 2.36. The van der Waals surface area contributed by atoms with Crippen LogP contribution in [0, 0.1) is 5.82 Å². The normalized spacial score (nSPS) is 14.0. The van der Waals surface area contributed by atoms with E-state index in [9.17, 15) is 30.8 Å². The third-order valence-corrected chi connectivity index (χ3v) is 6.77. The van der Waals surface area contributed by atoms with Crippen molar-refractivity contribution >= 4 is 21.6 Å². The number of hydrogen-bond acceptors (Lipinski definition) is 6. The molecule has 0 atom stereocenters. The SMILES string of the molecule is O=C(NCc1cc(NS(=O)(=O)C2CC2)ccn1)c1ccc(-c2cncc(C(F)(F)F)n2)cc1F. The molecule has 0 spiro atoms. The van der Waals surface area contributed by atoms with Crippen LogP contribution < -0.4 is 10.0 Å². The first-order valence-corrected chi connectivity index (χ1v) is 11.5. The number of pyridine rings is 1. The first-order valence-electron chi connectivity index (χ1n) is 9.97. The monoisotopic (exact) mass is 495 g/mol. The van der Waals surface area contributed by atoms with Gasteiger partial charge in [-0.1, -0.05) is 6.07 Å². The van der Waals surface area contributed by atoms with Crippen LogP contribution in [0.15, 0.2) is 48.9 Å². The molecule has 1 aliphatic carbocycles. The number of benzene rings is 1. The van der Waals surface area contributed by atoms with Crippen molar-refractivity contribution < 1.29 is 30.8 Å². The van der Waals surface area contributed by atoms with Crippen molar-refractivity contribution in [1.82, 2.24) is 20.3 Å². The Morgan fingerprint density at radius 3 is 2.56 bits per heavy atom. The van der Waals surface area contributed by atoms with Gasteiger partial charge in [0.25, 0.3) is 5.91 Å². The Hall–Kier alpha value is -3.61. The number of halogens is 4. The quantitative estimate of drug-likeness (QED) is 0.485. The van der Waals surface area contributed by atoms with Crippen molar-refractivity contribution in [2.45, 2.75) is 30.8 Å². The van der Waals surface area contributed by atoms with Crippen LogP contribution in [0.25, 0.3) is 11.3 Å². The average Bonchev–Trinajstić information content (AvgIpc) is 3.63. The van der Waals surface area contributed by atoms with Crippen LogP contribution in [-0.2, 0) is 22.7 Å². The van der Waals surface area contributed by atoms with Gasteiger partial charge < -0.3 is 5.32 Å². The maximum atomic E-state index is 14.6. The highest BCUT2D eigenvalue weighted by atomic mass is 32.2. The van der Waals surface area contributed by atoms with Gasteiger partial charge in [0.15, 0.2) is 5.69 Å². The number of anilines is 1. The number of nitrogens with one attached hydrogen (secondary N) is 2. The molecule has 2 aromatic heterocycles. The number of carbonyl (C=O) groups excluding carboxylic acids is 1. The van der Waals surface area contributed by atoms with E-state index in [1.807, 2.05) is 0 Å². The van der Waals surface area contributed by atoms with Gasteiger partial charge in [-0.15, -0.1) is 0 Å². The standard InChI is InChI=1S/C21H17F4N5O3S/c22-17-7-12(18-10-26-11-19(29-18)21(23,24)25)1-4-16(17)20(31)28-9-14-8-13(5-6-27-14)30-34(32,33)15-2-3-15/h1,4-8,10-11,15H,2-3,9H2,(H,27,30)(H,28,31). The lowest BCUT2D eigenvalue weighted by atomic mass is 10.1. The van der Waals surface area contributed by atoms with Crippen molar-refractivity contribution in [2.24, 2.45) is 0 Å². The molecule has 4 rings (SSSR count). The van der Waals surface area contributed by atoms with Gasteiger partial charge in [-0.2, -0.15) is 13.2 Å². The zero-order valence-electron chi connectivity index (χ0n) is 17.3. The molecule has 178 valence electrons. The summed E-state index contributed by atoms with van der Waals surface area (Å²) in [4.78, 5) is 23.4. The molecule has 8 nitrogen and oxygen atoms in total. The second-order valence-corrected chi connectivity index (χ2v) is 9.51. The summed E-state index contributed by atoms with van der Waals surface area (Å²) in [5.41, 5.74) is -1.11. The molecule has 0 saturated heterocycles. The number of aromatic nitrogens is 3. The van der Waals surface area contributed by atoms with Crippen LogP contribution in [-0.4, -0.2) is 34.5 Å². The highest BCUT2D eigenvalue weighted by molar-refractivity contribution is 7.93. The van der Waals surface area contributed by atoms with Gasteiger partial charge in [0, 0.05) is 11.8 Å². The Morgan fingerprint density at radius 1 is 1.12 bits per heavy atom. The van der Waals surface area contributed by atoms with Gasteiger partial charge in [-0.3, -0.25) is 19.5 Å². The number of rotatable bonds is 7. The number of nitrogens with zero attached hydrogens (tertiary/aromatic N) is 3. The lowest BCUT2D eigenvalue weighted by Crippen LogP contribution is -2.24. The Bertz CT molecular complexity index is 1340. The summed E-state index contributed by atoms with van der Waals surface area (Å²) in [5, 5.41) is 2.07. The van der Waals surface area contributed by atoms with E-state index in [1.54, 1.807) is 0 Å². The Labute approximate surface area is 191 Å². The predicted octanol–water partition coefficient (Wildman–Crippen LogP) is 3.53. The second kappa shape index (κ2) is 8.97. The van der Waals surface area contributed by atoms with Crippen LogP contribution in [0.1, 0.15) is 34.6 Å². The molecule has 2 N–H and O–H groups in total. The van der Waals surface area contributed by atoms with Crippen LogP contribution in [0.5, 0.6) is 0 Å². The molecule has 0 radical (unpaired) electrons. The van der Waals surface area contributed by atoms with E-state index in [4.69, 9.17) is 0 Å². The summed E-state index contributed by atoms with van der Waals surface area (Å²) in [7, 11) is -3.46. The van der Waals surface area contributed by atoms with Gasteiger partial charge in [0.05, 0.1) is 46.8 Å². The summed E-state index contributed by atoms with van der Waals surface area (Å²) in [5.74, 6) is -1.75. The molecule has 0 unspecified atom stereocenters. The molecule has 1 amide bonds. The lowest BCUT2D eigenvalue weighted by molar-refractivity contribution is -0.141. The molecule has 13 heteroatoms. The number of alkyl halides is 3. The molecule has 1 fully saturated rings. The summed E-state index contributed by atoms with van der Waals surface area (Å²) in [6.45, 7) is -0.113. The van der Waals surface area contributed by atoms with Gasteiger partial charge in [-0.05, 0) is 37.1 Å². The summed E-state index contributed by atoms with van der Waals surface area (Å²) >= 11 is 0. The van der Waals surface area contributed by atoms with Gasteiger partial charge in [-0.25, -0.2) is 17.8 Å². The van der Waals surface area contributed by atoms with Crippen molar-refractivity contribution in [3.63, 3.8) is 0 Å². The van der Waals surface area contributed by atoms with E-state index in [0.29, 0.717) is 30.4 Å². The van der Waals surface area contributed by atoms with E-state index in [-0.39, 0.29) is 23.4 Å². The van der Waals surface area contributed by atoms with Crippen LogP contribution in [0.3, 0.4) is 0 Å². The van der Waals surface area contributed by atoms with Crippen LogP contribution in [0.2, 0.25) is 0 Å². The minimum absolute atomic E-state index is 0.0185. The largest absolute Gasteiger partial charge is 0.434 e. The minimum atomic E-state index is -4.70. The summed E-state index contributed by atoms with van der Waals surface area (Å²) < 4.78 is 79.6. The Kier molecular flexibility index (Phi) is 6.21. The number of amides is 1. The van der Waals surface area contributed by atoms with E-state index >= 15 is 0 Å². The Morgan fingerprint density at radius 2 is 1.88 bits per heavy atom. The smallest absolute Gasteiger partial charge is 0.346 e. The first kappa shape index (κ1) is 23.5. The maximum Gasteiger partial charge on any atom is 0.434 e.